The molecule has 1 fully saturated rings. The molecule has 7 heteroatoms. The highest BCUT2D eigenvalue weighted by Crippen LogP contribution is 2.38. The quantitative estimate of drug-likeness (QED) is 0.677. The normalized spacial score (nSPS) is 20.1. The van der Waals surface area contributed by atoms with Crippen molar-refractivity contribution >= 4 is 17.4 Å². The van der Waals surface area contributed by atoms with Gasteiger partial charge in [-0.05, 0) is 53.5 Å². The van der Waals surface area contributed by atoms with Gasteiger partial charge in [0.15, 0.2) is 0 Å². The highest BCUT2D eigenvalue weighted by atomic mass is 32.1. The zero-order chi connectivity index (χ0) is 20.8. The maximum absolute atomic E-state index is 13.4. The van der Waals surface area contributed by atoms with Crippen LogP contribution in [0.3, 0.4) is 0 Å². The van der Waals surface area contributed by atoms with E-state index in [2.05, 4.69) is 6.07 Å². The Morgan fingerprint density at radius 1 is 1.17 bits per heavy atom. The van der Waals surface area contributed by atoms with E-state index >= 15 is 0 Å². The summed E-state index contributed by atoms with van der Waals surface area (Å²) in [6.45, 7) is 0.924. The Balaban J connectivity index is 1.69. The number of benzene rings is 1. The molecule has 0 aliphatic carbocycles. The van der Waals surface area contributed by atoms with Gasteiger partial charge in [-0.1, -0.05) is 30.3 Å². The lowest BCUT2D eigenvalue weighted by Gasteiger charge is -2.28. The number of nitrogens with zero attached hydrogens (tertiary/aromatic N) is 2. The monoisotopic (exact) mass is 422 g/mol. The molecule has 2 aromatic heterocycles. The van der Waals surface area contributed by atoms with Crippen LogP contribution in [-0.2, 0) is 19.4 Å². The largest absolute Gasteiger partial charge is 0.465 e. The Morgan fingerprint density at radius 2 is 1.97 bits per heavy atom. The second-order valence-corrected chi connectivity index (χ2v) is 8.80. The molecule has 30 heavy (non-hydrogen) atoms. The van der Waals surface area contributed by atoms with Crippen molar-refractivity contribution in [1.82, 2.24) is 9.47 Å². The van der Waals surface area contributed by atoms with Crippen LogP contribution < -0.4 is 5.56 Å². The minimum Gasteiger partial charge on any atom is -0.465 e. The molecule has 0 saturated carbocycles. The lowest BCUT2D eigenvalue weighted by atomic mass is 9.93. The maximum Gasteiger partial charge on any atom is 0.407 e. The Labute approximate surface area is 177 Å². The predicted molar refractivity (Wildman–Crippen MR) is 116 cm³/mol. The third-order valence-corrected chi connectivity index (χ3v) is 7.17. The minimum absolute atomic E-state index is 0.0268. The summed E-state index contributed by atoms with van der Waals surface area (Å²) in [6.07, 6.45) is -0.113. The average molecular weight is 423 g/mol. The van der Waals surface area contributed by atoms with Crippen molar-refractivity contribution in [2.75, 3.05) is 6.54 Å². The number of carboxylic acid groups (broad SMARTS) is 1. The van der Waals surface area contributed by atoms with Gasteiger partial charge >= 0.3 is 6.09 Å². The fourth-order valence-corrected chi connectivity index (χ4v) is 5.75. The zero-order valence-corrected chi connectivity index (χ0v) is 17.1. The Kier molecular flexibility index (Phi) is 4.72. The van der Waals surface area contributed by atoms with Gasteiger partial charge in [0, 0.05) is 18.7 Å². The van der Waals surface area contributed by atoms with Crippen LogP contribution in [0.25, 0.3) is 21.7 Å². The van der Waals surface area contributed by atoms with E-state index in [9.17, 15) is 19.8 Å². The van der Waals surface area contributed by atoms with E-state index in [1.165, 1.54) is 10.5 Å². The molecule has 154 valence electrons. The van der Waals surface area contributed by atoms with Crippen molar-refractivity contribution in [1.29, 1.82) is 0 Å². The van der Waals surface area contributed by atoms with E-state index in [1.54, 1.807) is 11.3 Å². The van der Waals surface area contributed by atoms with Crippen LogP contribution >= 0.6 is 11.3 Å². The van der Waals surface area contributed by atoms with Crippen LogP contribution in [0.4, 0.5) is 4.79 Å². The minimum atomic E-state index is -1.02. The Morgan fingerprint density at radius 3 is 2.73 bits per heavy atom. The molecular formula is C23H22N2O4S. The van der Waals surface area contributed by atoms with Crippen molar-refractivity contribution in [3.8, 4) is 21.7 Å². The summed E-state index contributed by atoms with van der Waals surface area (Å²) >= 11 is 1.61. The number of aliphatic hydroxyl groups excluding tert-OH is 1. The molecule has 2 N–H and O–H groups in total. The van der Waals surface area contributed by atoms with E-state index in [0.29, 0.717) is 31.5 Å². The predicted octanol–water partition coefficient (Wildman–Crippen LogP) is 3.46. The van der Waals surface area contributed by atoms with E-state index in [0.717, 1.165) is 28.1 Å². The standard InChI is InChI=1S/C23H22N2O4S/c26-19-7-10-24(23(28)29)18(19)13-16-12-17(14-4-2-1-3-5-14)22(27)25-9-6-15-8-11-30-21(15)20(16)25/h1-5,8,11-12,18-19,26H,6-7,9-10,13H2,(H,28,29). The average Bonchev–Trinajstić information content (AvgIpc) is 3.37. The third kappa shape index (κ3) is 3.05. The highest BCUT2D eigenvalue weighted by Gasteiger charge is 2.37. The Hall–Kier alpha value is -2.90. The summed E-state index contributed by atoms with van der Waals surface area (Å²) in [7, 11) is 0. The highest BCUT2D eigenvalue weighted by molar-refractivity contribution is 7.13. The van der Waals surface area contributed by atoms with Gasteiger partial charge < -0.3 is 19.7 Å². The number of thiophene rings is 1. The van der Waals surface area contributed by atoms with Gasteiger partial charge in [0.2, 0.25) is 0 Å². The number of aromatic nitrogens is 1. The topological polar surface area (TPSA) is 82.8 Å². The smallest absolute Gasteiger partial charge is 0.407 e. The summed E-state index contributed by atoms with van der Waals surface area (Å²) in [5.41, 5.74) is 4.44. The van der Waals surface area contributed by atoms with Gasteiger partial charge in [-0.3, -0.25) is 4.79 Å². The Bertz CT molecular complexity index is 1170. The molecule has 0 spiro atoms. The maximum atomic E-state index is 13.4. The lowest BCUT2D eigenvalue weighted by molar-refractivity contribution is 0.100. The zero-order valence-electron chi connectivity index (χ0n) is 16.3. The summed E-state index contributed by atoms with van der Waals surface area (Å²) < 4.78 is 1.84. The van der Waals surface area contributed by atoms with Crippen molar-refractivity contribution in [3.63, 3.8) is 0 Å². The second kappa shape index (κ2) is 7.41. The van der Waals surface area contributed by atoms with Gasteiger partial charge in [-0.25, -0.2) is 4.79 Å². The molecule has 2 aliphatic heterocycles. The molecule has 4 heterocycles. The molecule has 1 amide bonds. The van der Waals surface area contributed by atoms with Crippen LogP contribution in [0.5, 0.6) is 0 Å². The number of carbonyl (C=O) groups is 1. The molecule has 5 rings (SSSR count). The molecule has 2 unspecified atom stereocenters. The summed E-state index contributed by atoms with van der Waals surface area (Å²) in [5, 5.41) is 22.1. The fraction of sp³-hybridized carbons (Fsp3) is 0.304. The summed E-state index contributed by atoms with van der Waals surface area (Å²) in [6, 6.07) is 13.0. The van der Waals surface area contributed by atoms with Crippen LogP contribution in [0.2, 0.25) is 0 Å². The number of hydrogen-bond donors (Lipinski definition) is 2. The molecule has 1 aromatic carbocycles. The number of amides is 1. The first-order valence-corrected chi connectivity index (χ1v) is 11.0. The number of aliphatic hydroxyl groups is 1. The SMILES string of the molecule is O=C(O)N1CCC(O)C1Cc1cc(-c2ccccc2)c(=O)n2c1-c1sccc1CC2. The number of aryl methyl sites for hydroxylation is 1. The molecule has 2 atom stereocenters. The number of rotatable bonds is 3. The number of likely N-dealkylation sites (tertiary alicyclic amines) is 1. The first kappa shape index (κ1) is 19.1. The van der Waals surface area contributed by atoms with E-state index < -0.39 is 18.2 Å². The molecule has 2 aliphatic rings. The van der Waals surface area contributed by atoms with Crippen LogP contribution in [0.15, 0.2) is 52.6 Å². The number of fused-ring (bicyclic) bond motifs is 3. The van der Waals surface area contributed by atoms with E-state index in [-0.39, 0.29) is 5.56 Å². The lowest BCUT2D eigenvalue weighted by Crippen LogP contribution is -2.41. The first-order valence-electron chi connectivity index (χ1n) is 10.1. The molecule has 3 aromatic rings. The van der Waals surface area contributed by atoms with Crippen molar-refractivity contribution in [2.24, 2.45) is 0 Å². The van der Waals surface area contributed by atoms with Crippen molar-refractivity contribution in [2.45, 2.75) is 38.0 Å². The van der Waals surface area contributed by atoms with Crippen LogP contribution in [-0.4, -0.2) is 44.5 Å². The van der Waals surface area contributed by atoms with Crippen molar-refractivity contribution in [3.05, 3.63) is 69.3 Å². The first-order chi connectivity index (χ1) is 14.5. The summed E-state index contributed by atoms with van der Waals surface area (Å²) in [5.74, 6) is 0. The molecule has 0 bridgehead atoms. The molecule has 1 saturated heterocycles. The van der Waals surface area contributed by atoms with Crippen molar-refractivity contribution < 1.29 is 15.0 Å². The molecule has 6 nitrogen and oxygen atoms in total. The second-order valence-electron chi connectivity index (χ2n) is 7.88. The third-order valence-electron chi connectivity index (χ3n) is 6.20. The number of pyridine rings is 1. The van der Waals surface area contributed by atoms with Gasteiger partial charge in [-0.2, -0.15) is 0 Å². The van der Waals surface area contributed by atoms with Gasteiger partial charge in [-0.15, -0.1) is 11.3 Å². The van der Waals surface area contributed by atoms with Gasteiger partial charge in [0.1, 0.15) is 0 Å². The molecule has 0 radical (unpaired) electrons. The van der Waals surface area contributed by atoms with Gasteiger partial charge in [0.05, 0.1) is 22.7 Å². The summed E-state index contributed by atoms with van der Waals surface area (Å²) in [4.78, 5) is 27.5. The van der Waals surface area contributed by atoms with E-state index in [4.69, 9.17) is 0 Å². The van der Waals surface area contributed by atoms with Crippen LogP contribution in [0.1, 0.15) is 17.5 Å². The molecular weight excluding hydrogens is 400 g/mol. The van der Waals surface area contributed by atoms with Gasteiger partial charge in [0.25, 0.3) is 5.56 Å². The van der Waals surface area contributed by atoms with E-state index in [1.807, 2.05) is 46.3 Å². The fourth-order valence-electron chi connectivity index (χ4n) is 4.71. The van der Waals surface area contributed by atoms with Crippen LogP contribution in [0, 0.1) is 0 Å². The number of hydrogen-bond acceptors (Lipinski definition) is 4.